The fraction of sp³-hybridized carbons (Fsp3) is 0.143. The monoisotopic (exact) mass is 403 g/mol. The van der Waals surface area contributed by atoms with Crippen LogP contribution >= 0.6 is 11.8 Å². The number of nitrogens with one attached hydrogen (secondary N) is 1. The second-order valence-corrected chi connectivity index (χ2v) is 8.05. The molecule has 5 rings (SSSR count). The van der Waals surface area contributed by atoms with Crippen LogP contribution in [-0.4, -0.2) is 30.7 Å². The zero-order valence-electron chi connectivity index (χ0n) is 15.8. The number of para-hydroxylation sites is 3. The van der Waals surface area contributed by atoms with Crippen molar-refractivity contribution in [3.8, 4) is 0 Å². The summed E-state index contributed by atoms with van der Waals surface area (Å²) >= 11 is 1.38. The largest absolute Gasteiger partial charge is 0.360 e. The minimum absolute atomic E-state index is 0.171. The van der Waals surface area contributed by atoms with E-state index in [-0.39, 0.29) is 5.91 Å². The number of carbonyl (C=O) groups is 1. The van der Waals surface area contributed by atoms with Gasteiger partial charge in [0.25, 0.3) is 0 Å². The molecule has 3 heterocycles. The van der Waals surface area contributed by atoms with E-state index in [1.807, 2.05) is 59.9 Å². The summed E-state index contributed by atoms with van der Waals surface area (Å²) in [4.78, 5) is 22.3. The van der Waals surface area contributed by atoms with Crippen LogP contribution in [0.15, 0.2) is 64.3 Å². The molecule has 0 aliphatic heterocycles. The van der Waals surface area contributed by atoms with Crippen LogP contribution in [0.3, 0.4) is 0 Å². The molecular weight excluding hydrogens is 386 g/mol. The van der Waals surface area contributed by atoms with Gasteiger partial charge in [0.05, 0.1) is 21.8 Å². The van der Waals surface area contributed by atoms with Gasteiger partial charge in [0, 0.05) is 11.5 Å². The number of aryl methyl sites for hydroxylation is 1. The highest BCUT2D eigenvalue weighted by molar-refractivity contribution is 8.00. The number of anilines is 1. The number of benzene rings is 2. The van der Waals surface area contributed by atoms with E-state index < -0.39 is 5.25 Å². The number of thioether (sulfide) groups is 1. The van der Waals surface area contributed by atoms with Crippen LogP contribution in [0.2, 0.25) is 0 Å². The van der Waals surface area contributed by atoms with Crippen molar-refractivity contribution in [2.45, 2.75) is 24.3 Å². The highest BCUT2D eigenvalue weighted by atomic mass is 32.2. The zero-order valence-corrected chi connectivity index (χ0v) is 16.6. The smallest absolute Gasteiger partial charge is 0.238 e. The Kier molecular flexibility index (Phi) is 4.21. The number of aromatic nitrogens is 4. The average molecular weight is 403 g/mol. The first kappa shape index (κ1) is 17.7. The van der Waals surface area contributed by atoms with Gasteiger partial charge in [0.1, 0.15) is 11.4 Å². The lowest BCUT2D eigenvalue weighted by Gasteiger charge is -2.12. The Bertz CT molecular complexity index is 1370. The van der Waals surface area contributed by atoms with Crippen molar-refractivity contribution in [1.82, 2.24) is 19.5 Å². The van der Waals surface area contributed by atoms with E-state index in [0.29, 0.717) is 16.7 Å². The number of hydrogen-bond donors (Lipinski definition) is 1. The van der Waals surface area contributed by atoms with Crippen molar-refractivity contribution >= 4 is 51.1 Å². The van der Waals surface area contributed by atoms with Crippen LogP contribution in [0.25, 0.3) is 27.6 Å². The molecule has 1 amide bonds. The quantitative estimate of drug-likeness (QED) is 0.352. The van der Waals surface area contributed by atoms with Gasteiger partial charge in [-0.05, 0) is 38.1 Å². The molecule has 1 N–H and O–H groups in total. The zero-order chi connectivity index (χ0) is 20.0. The number of carbonyl (C=O) groups excluding carboxylic acids is 1. The SMILES string of the molecule is Cc1cc(NC(=O)C(C)Sc2nc3ccccc3c3nc4ccccc4n23)no1. The standard InChI is InChI=1S/C21H17N5O2S/c1-12-11-18(25-28-12)24-20(27)13(2)29-21-23-15-8-4-3-7-14(15)19-22-16-9-5-6-10-17(16)26(19)21/h3-11,13H,1-2H3,(H,24,25,27). The molecule has 0 saturated heterocycles. The van der Waals surface area contributed by atoms with Crippen LogP contribution in [0.4, 0.5) is 5.82 Å². The summed E-state index contributed by atoms with van der Waals surface area (Å²) in [6.07, 6.45) is 0. The van der Waals surface area contributed by atoms with E-state index in [4.69, 9.17) is 14.5 Å². The third-order valence-corrected chi connectivity index (χ3v) is 5.70. The predicted octanol–water partition coefficient (Wildman–Crippen LogP) is 4.45. The topological polar surface area (TPSA) is 85.3 Å². The van der Waals surface area contributed by atoms with Gasteiger partial charge in [-0.3, -0.25) is 9.20 Å². The van der Waals surface area contributed by atoms with Gasteiger partial charge in [-0.2, -0.15) is 0 Å². The van der Waals surface area contributed by atoms with Crippen molar-refractivity contribution in [1.29, 1.82) is 0 Å². The average Bonchev–Trinajstić information content (AvgIpc) is 3.31. The first-order valence-corrected chi connectivity index (χ1v) is 10.0. The maximum atomic E-state index is 12.7. The lowest BCUT2D eigenvalue weighted by Crippen LogP contribution is -2.23. The van der Waals surface area contributed by atoms with Gasteiger partial charge in [0.15, 0.2) is 11.0 Å². The van der Waals surface area contributed by atoms with Gasteiger partial charge >= 0.3 is 0 Å². The van der Waals surface area contributed by atoms with Gasteiger partial charge in [-0.15, -0.1) is 0 Å². The number of amides is 1. The lowest BCUT2D eigenvalue weighted by atomic mass is 10.2. The lowest BCUT2D eigenvalue weighted by molar-refractivity contribution is -0.115. The Morgan fingerprint density at radius 1 is 1.10 bits per heavy atom. The number of imidazole rings is 1. The van der Waals surface area contributed by atoms with Gasteiger partial charge < -0.3 is 9.84 Å². The summed E-state index contributed by atoms with van der Waals surface area (Å²) in [6.45, 7) is 3.62. The van der Waals surface area contributed by atoms with Crippen LogP contribution in [0.1, 0.15) is 12.7 Å². The van der Waals surface area contributed by atoms with Gasteiger partial charge in [-0.1, -0.05) is 41.2 Å². The Morgan fingerprint density at radius 3 is 2.66 bits per heavy atom. The normalized spacial score (nSPS) is 12.6. The van der Waals surface area contributed by atoms with Crippen molar-refractivity contribution in [3.05, 3.63) is 60.4 Å². The number of rotatable bonds is 4. The molecule has 0 fully saturated rings. The highest BCUT2D eigenvalue weighted by Crippen LogP contribution is 2.31. The Labute approximate surface area is 170 Å². The molecule has 1 unspecified atom stereocenters. The number of fused-ring (bicyclic) bond motifs is 5. The molecule has 2 aromatic carbocycles. The van der Waals surface area contributed by atoms with Crippen LogP contribution < -0.4 is 5.32 Å². The molecule has 7 nitrogen and oxygen atoms in total. The summed E-state index contributed by atoms with van der Waals surface area (Å²) in [7, 11) is 0. The molecule has 5 aromatic rings. The summed E-state index contributed by atoms with van der Waals surface area (Å²) < 4.78 is 7.03. The molecule has 0 aliphatic carbocycles. The van der Waals surface area contributed by atoms with E-state index in [0.717, 1.165) is 27.6 Å². The Balaban J connectivity index is 1.58. The molecule has 8 heteroatoms. The second kappa shape index (κ2) is 6.89. The van der Waals surface area contributed by atoms with Crippen molar-refractivity contribution in [2.75, 3.05) is 5.32 Å². The van der Waals surface area contributed by atoms with E-state index in [1.54, 1.807) is 13.0 Å². The molecule has 29 heavy (non-hydrogen) atoms. The maximum absolute atomic E-state index is 12.7. The van der Waals surface area contributed by atoms with Crippen molar-refractivity contribution in [2.24, 2.45) is 0 Å². The first-order valence-electron chi connectivity index (χ1n) is 9.17. The van der Waals surface area contributed by atoms with E-state index in [2.05, 4.69) is 10.5 Å². The van der Waals surface area contributed by atoms with E-state index in [9.17, 15) is 4.79 Å². The van der Waals surface area contributed by atoms with Crippen LogP contribution in [-0.2, 0) is 4.79 Å². The van der Waals surface area contributed by atoms with Gasteiger partial charge in [0.2, 0.25) is 5.91 Å². The fourth-order valence-corrected chi connectivity index (χ4v) is 4.18. The van der Waals surface area contributed by atoms with E-state index in [1.165, 1.54) is 11.8 Å². The van der Waals surface area contributed by atoms with Crippen molar-refractivity contribution in [3.63, 3.8) is 0 Å². The number of hydrogen-bond acceptors (Lipinski definition) is 6. The highest BCUT2D eigenvalue weighted by Gasteiger charge is 2.21. The summed E-state index contributed by atoms with van der Waals surface area (Å²) in [5, 5.41) is 7.89. The molecule has 0 radical (unpaired) electrons. The molecule has 144 valence electrons. The molecule has 0 spiro atoms. The summed E-state index contributed by atoms with van der Waals surface area (Å²) in [6, 6.07) is 17.5. The Hall–Kier alpha value is -3.39. The molecule has 0 aliphatic rings. The minimum atomic E-state index is -0.398. The first-order chi connectivity index (χ1) is 14.1. The Morgan fingerprint density at radius 2 is 1.86 bits per heavy atom. The molecule has 0 saturated carbocycles. The summed E-state index contributed by atoms with van der Waals surface area (Å²) in [5.41, 5.74) is 3.53. The number of nitrogens with zero attached hydrogens (tertiary/aromatic N) is 4. The van der Waals surface area contributed by atoms with Crippen LogP contribution in [0.5, 0.6) is 0 Å². The molecule has 3 aromatic heterocycles. The van der Waals surface area contributed by atoms with Crippen LogP contribution in [0, 0.1) is 6.92 Å². The van der Waals surface area contributed by atoms with Crippen molar-refractivity contribution < 1.29 is 9.32 Å². The van der Waals surface area contributed by atoms with E-state index >= 15 is 0 Å². The summed E-state index contributed by atoms with van der Waals surface area (Å²) in [5.74, 6) is 0.879. The third kappa shape index (κ3) is 3.11. The second-order valence-electron chi connectivity index (χ2n) is 6.74. The minimum Gasteiger partial charge on any atom is -0.360 e. The molecule has 0 bridgehead atoms. The molecular formula is C21H17N5O2S. The maximum Gasteiger partial charge on any atom is 0.238 e. The third-order valence-electron chi connectivity index (χ3n) is 4.64. The fourth-order valence-electron chi connectivity index (χ4n) is 3.26. The molecule has 1 atom stereocenters. The predicted molar refractivity (Wildman–Crippen MR) is 113 cm³/mol. The van der Waals surface area contributed by atoms with Gasteiger partial charge in [-0.25, -0.2) is 9.97 Å².